The predicted octanol–water partition coefficient (Wildman–Crippen LogP) is 0.831. The lowest BCUT2D eigenvalue weighted by Crippen LogP contribution is -2.56. The van der Waals surface area contributed by atoms with Gasteiger partial charge >= 0.3 is 0 Å². The van der Waals surface area contributed by atoms with E-state index in [4.69, 9.17) is 0 Å². The number of likely N-dealkylation sites (tertiary alicyclic amines) is 1. The van der Waals surface area contributed by atoms with E-state index in [1.165, 1.54) is 32.1 Å². The van der Waals surface area contributed by atoms with Gasteiger partial charge in [0.05, 0.1) is 6.10 Å². The minimum Gasteiger partial charge on any atom is -0.390 e. The molecule has 0 aromatic heterocycles. The summed E-state index contributed by atoms with van der Waals surface area (Å²) in [5.74, 6) is 0.862. The number of aliphatic hydroxyl groups excluding tert-OH is 1. The van der Waals surface area contributed by atoms with Crippen LogP contribution in [0.15, 0.2) is 0 Å². The van der Waals surface area contributed by atoms with Crippen molar-refractivity contribution in [3.8, 4) is 0 Å². The zero-order chi connectivity index (χ0) is 10.7. The van der Waals surface area contributed by atoms with E-state index in [1.54, 1.807) is 0 Å². The quantitative estimate of drug-likeness (QED) is 0.724. The standard InChI is InChI=1S/C12H24N2O/c1-13-12(9-14-7-11(15)8-14)10-5-3-2-4-6-10/h10-13,15H,2-9H2,1H3. The highest BCUT2D eigenvalue weighted by Crippen LogP contribution is 2.27. The van der Waals surface area contributed by atoms with Crippen molar-refractivity contribution in [2.75, 3.05) is 26.7 Å². The summed E-state index contributed by atoms with van der Waals surface area (Å²) in [7, 11) is 2.08. The van der Waals surface area contributed by atoms with Crippen LogP contribution >= 0.6 is 0 Å². The summed E-state index contributed by atoms with van der Waals surface area (Å²) in [6.07, 6.45) is 6.96. The fraction of sp³-hybridized carbons (Fsp3) is 1.00. The Bertz CT molecular complexity index is 186. The molecule has 15 heavy (non-hydrogen) atoms. The molecular formula is C12H24N2O. The first-order valence-electron chi connectivity index (χ1n) is 6.37. The highest BCUT2D eigenvalue weighted by molar-refractivity contribution is 4.86. The predicted molar refractivity (Wildman–Crippen MR) is 61.9 cm³/mol. The molecule has 2 N–H and O–H groups in total. The van der Waals surface area contributed by atoms with Crippen LogP contribution in [-0.4, -0.2) is 48.8 Å². The van der Waals surface area contributed by atoms with Crippen LogP contribution in [0.4, 0.5) is 0 Å². The van der Waals surface area contributed by atoms with Crippen LogP contribution in [0.25, 0.3) is 0 Å². The number of nitrogens with zero attached hydrogens (tertiary/aromatic N) is 1. The molecule has 2 rings (SSSR count). The van der Waals surface area contributed by atoms with Gasteiger partial charge in [0.2, 0.25) is 0 Å². The number of rotatable bonds is 4. The molecule has 0 bridgehead atoms. The maximum atomic E-state index is 9.25. The number of β-amino-alcohol motifs (C(OH)–C–C–N with tert-alkyl or cyclic N) is 1. The van der Waals surface area contributed by atoms with E-state index >= 15 is 0 Å². The van der Waals surface area contributed by atoms with Gasteiger partial charge in [0.15, 0.2) is 0 Å². The molecular weight excluding hydrogens is 188 g/mol. The molecule has 1 atom stereocenters. The highest BCUT2D eigenvalue weighted by Gasteiger charge is 2.29. The van der Waals surface area contributed by atoms with Crippen molar-refractivity contribution in [2.24, 2.45) is 5.92 Å². The molecule has 1 unspecified atom stereocenters. The van der Waals surface area contributed by atoms with Crippen molar-refractivity contribution < 1.29 is 5.11 Å². The Labute approximate surface area is 92.8 Å². The maximum absolute atomic E-state index is 9.25. The minimum absolute atomic E-state index is 0.0612. The Hall–Kier alpha value is -0.120. The second-order valence-electron chi connectivity index (χ2n) is 5.17. The average Bonchev–Trinajstić information content (AvgIpc) is 2.24. The van der Waals surface area contributed by atoms with Crippen LogP contribution in [0.3, 0.4) is 0 Å². The monoisotopic (exact) mass is 212 g/mol. The van der Waals surface area contributed by atoms with Crippen molar-refractivity contribution in [3.63, 3.8) is 0 Å². The lowest BCUT2D eigenvalue weighted by molar-refractivity contribution is -0.00751. The van der Waals surface area contributed by atoms with Gasteiger partial charge < -0.3 is 10.4 Å². The molecule has 0 aromatic rings. The third kappa shape index (κ3) is 2.92. The Balaban J connectivity index is 1.75. The summed E-state index contributed by atoms with van der Waals surface area (Å²) < 4.78 is 0. The Morgan fingerprint density at radius 3 is 2.47 bits per heavy atom. The van der Waals surface area contributed by atoms with Crippen LogP contribution in [0.2, 0.25) is 0 Å². The molecule has 2 aliphatic rings. The lowest BCUT2D eigenvalue weighted by atomic mass is 9.83. The van der Waals surface area contributed by atoms with Crippen LogP contribution in [0.1, 0.15) is 32.1 Å². The van der Waals surface area contributed by atoms with Gasteiger partial charge in [-0.3, -0.25) is 4.90 Å². The third-order valence-corrected chi connectivity index (χ3v) is 3.98. The lowest BCUT2D eigenvalue weighted by Gasteiger charge is -2.40. The van der Waals surface area contributed by atoms with E-state index in [-0.39, 0.29) is 6.10 Å². The van der Waals surface area contributed by atoms with Crippen molar-refractivity contribution in [3.05, 3.63) is 0 Å². The van der Waals surface area contributed by atoms with Crippen LogP contribution in [0.5, 0.6) is 0 Å². The first kappa shape index (κ1) is 11.4. The number of hydrogen-bond acceptors (Lipinski definition) is 3. The second kappa shape index (κ2) is 5.28. The van der Waals surface area contributed by atoms with Crippen molar-refractivity contribution >= 4 is 0 Å². The van der Waals surface area contributed by atoms with Gasteiger partial charge in [-0.1, -0.05) is 19.3 Å². The zero-order valence-corrected chi connectivity index (χ0v) is 9.78. The number of hydrogen-bond donors (Lipinski definition) is 2. The molecule has 3 nitrogen and oxygen atoms in total. The molecule has 88 valence electrons. The molecule has 1 aliphatic carbocycles. The highest BCUT2D eigenvalue weighted by atomic mass is 16.3. The zero-order valence-electron chi connectivity index (χ0n) is 9.78. The van der Waals surface area contributed by atoms with Gasteiger partial charge in [0.1, 0.15) is 0 Å². The van der Waals surface area contributed by atoms with Crippen LogP contribution in [-0.2, 0) is 0 Å². The first-order chi connectivity index (χ1) is 7.29. The summed E-state index contributed by atoms with van der Waals surface area (Å²) in [6.45, 7) is 2.88. The maximum Gasteiger partial charge on any atom is 0.0793 e. The molecule has 0 radical (unpaired) electrons. The minimum atomic E-state index is -0.0612. The Kier molecular flexibility index (Phi) is 4.00. The second-order valence-corrected chi connectivity index (χ2v) is 5.17. The molecule has 1 saturated heterocycles. The van der Waals surface area contributed by atoms with Crippen molar-refractivity contribution in [1.29, 1.82) is 0 Å². The van der Waals surface area contributed by atoms with E-state index in [2.05, 4.69) is 17.3 Å². The molecule has 1 aliphatic heterocycles. The number of likely N-dealkylation sites (N-methyl/N-ethyl adjacent to an activating group) is 1. The van der Waals surface area contributed by atoms with E-state index < -0.39 is 0 Å². The van der Waals surface area contributed by atoms with E-state index in [9.17, 15) is 5.11 Å². The van der Waals surface area contributed by atoms with Crippen LogP contribution in [0, 0.1) is 5.92 Å². The molecule has 1 heterocycles. The molecule has 0 aromatic carbocycles. The van der Waals surface area contributed by atoms with Gasteiger partial charge in [-0.15, -0.1) is 0 Å². The van der Waals surface area contributed by atoms with Gasteiger partial charge in [0.25, 0.3) is 0 Å². The molecule has 2 fully saturated rings. The van der Waals surface area contributed by atoms with Gasteiger partial charge in [-0.25, -0.2) is 0 Å². The molecule has 0 spiro atoms. The fourth-order valence-electron chi connectivity index (χ4n) is 2.98. The van der Waals surface area contributed by atoms with E-state index in [0.717, 1.165) is 25.6 Å². The number of nitrogens with one attached hydrogen (secondary N) is 1. The fourth-order valence-corrected chi connectivity index (χ4v) is 2.98. The molecule has 1 saturated carbocycles. The third-order valence-electron chi connectivity index (χ3n) is 3.98. The largest absolute Gasteiger partial charge is 0.390 e. The van der Waals surface area contributed by atoms with Crippen molar-refractivity contribution in [1.82, 2.24) is 10.2 Å². The molecule has 3 heteroatoms. The summed E-state index contributed by atoms with van der Waals surface area (Å²) >= 11 is 0. The first-order valence-corrected chi connectivity index (χ1v) is 6.37. The summed E-state index contributed by atoms with van der Waals surface area (Å²) in [4.78, 5) is 2.36. The smallest absolute Gasteiger partial charge is 0.0793 e. The van der Waals surface area contributed by atoms with E-state index in [0.29, 0.717) is 6.04 Å². The Morgan fingerprint density at radius 2 is 1.93 bits per heavy atom. The summed E-state index contributed by atoms with van der Waals surface area (Å²) in [5.41, 5.74) is 0. The topological polar surface area (TPSA) is 35.5 Å². The van der Waals surface area contributed by atoms with Crippen LogP contribution < -0.4 is 5.32 Å². The van der Waals surface area contributed by atoms with Gasteiger partial charge in [0, 0.05) is 25.7 Å². The Morgan fingerprint density at radius 1 is 1.27 bits per heavy atom. The van der Waals surface area contributed by atoms with Gasteiger partial charge in [-0.2, -0.15) is 0 Å². The van der Waals surface area contributed by atoms with Crippen molar-refractivity contribution in [2.45, 2.75) is 44.2 Å². The van der Waals surface area contributed by atoms with Gasteiger partial charge in [-0.05, 0) is 25.8 Å². The summed E-state index contributed by atoms with van der Waals surface area (Å²) in [5, 5.41) is 12.7. The summed E-state index contributed by atoms with van der Waals surface area (Å²) in [6, 6.07) is 0.637. The molecule has 0 amide bonds. The SMILES string of the molecule is CNC(CN1CC(O)C1)C1CCCCC1. The van der Waals surface area contributed by atoms with E-state index in [1.807, 2.05) is 0 Å². The average molecular weight is 212 g/mol. The normalized spacial score (nSPS) is 27.6. The number of aliphatic hydroxyl groups is 1.